The lowest BCUT2D eigenvalue weighted by Crippen LogP contribution is -2.60. The van der Waals surface area contributed by atoms with Crippen molar-refractivity contribution in [3.8, 4) is 0 Å². The molecule has 2 heterocycles. The van der Waals surface area contributed by atoms with Crippen molar-refractivity contribution in [1.82, 2.24) is 24.6 Å². The van der Waals surface area contributed by atoms with Crippen molar-refractivity contribution in [3.63, 3.8) is 0 Å². The van der Waals surface area contributed by atoms with Gasteiger partial charge in [0.1, 0.15) is 24.2 Å². The van der Waals surface area contributed by atoms with Gasteiger partial charge in [-0.05, 0) is 28.3 Å². The van der Waals surface area contributed by atoms with Gasteiger partial charge in [-0.3, -0.25) is 24.0 Å². The number of amides is 5. The highest BCUT2D eigenvalue weighted by molar-refractivity contribution is 5.96. The van der Waals surface area contributed by atoms with Crippen molar-refractivity contribution < 1.29 is 24.0 Å². The number of H-pyrrole nitrogens is 1. The summed E-state index contributed by atoms with van der Waals surface area (Å²) >= 11 is 0. The average molecular weight is 741 g/mol. The number of hydrogen-bond acceptors (Lipinski definition) is 5. The van der Waals surface area contributed by atoms with Crippen molar-refractivity contribution >= 4 is 40.4 Å². The van der Waals surface area contributed by atoms with Gasteiger partial charge in [0.25, 0.3) is 0 Å². The molecule has 5 amide bonds. The Morgan fingerprint density at radius 2 is 1.09 bits per heavy atom. The minimum absolute atomic E-state index is 0.156. The SMILES string of the molecule is CC(=O)N1Cc2[nH]c3ccccc3c2C[C@H]1C(=O)N(C)[C@@H](Cc1ccccc1)C(=O)N(C)[C@@H](Cc1ccccc1)C(=O)N(C)[C@@H](Cc1ccccc1)C(N)=O. The number of carbonyl (C=O) groups is 5. The molecule has 4 aromatic carbocycles. The number of nitrogens with two attached hydrogens (primary N) is 1. The van der Waals surface area contributed by atoms with Crippen molar-refractivity contribution in [1.29, 1.82) is 0 Å². The molecule has 5 aromatic rings. The Morgan fingerprint density at radius 3 is 1.58 bits per heavy atom. The number of para-hydroxylation sites is 1. The van der Waals surface area contributed by atoms with Crippen molar-refractivity contribution in [3.05, 3.63) is 143 Å². The van der Waals surface area contributed by atoms with Gasteiger partial charge in [0.05, 0.1) is 6.54 Å². The van der Waals surface area contributed by atoms with Gasteiger partial charge in [-0.1, -0.05) is 109 Å². The number of carbonyl (C=O) groups excluding carboxylic acids is 5. The van der Waals surface area contributed by atoms with Gasteiger partial charge in [0.2, 0.25) is 29.5 Å². The summed E-state index contributed by atoms with van der Waals surface area (Å²) in [7, 11) is 4.69. The van der Waals surface area contributed by atoms with Gasteiger partial charge in [0, 0.05) is 70.3 Å². The van der Waals surface area contributed by atoms with Gasteiger partial charge < -0.3 is 30.3 Å². The zero-order chi connectivity index (χ0) is 39.2. The summed E-state index contributed by atoms with van der Waals surface area (Å²) in [6.45, 7) is 1.67. The molecular formula is C44H48N6O5. The van der Waals surface area contributed by atoms with Crippen LogP contribution in [0.5, 0.6) is 0 Å². The maximum absolute atomic E-state index is 15.0. The molecule has 1 aliphatic heterocycles. The number of aromatic nitrogens is 1. The minimum Gasteiger partial charge on any atom is -0.368 e. The first-order valence-electron chi connectivity index (χ1n) is 18.5. The Balaban J connectivity index is 1.34. The van der Waals surface area contributed by atoms with E-state index in [0.717, 1.165) is 38.9 Å². The molecule has 0 radical (unpaired) electrons. The molecule has 284 valence electrons. The van der Waals surface area contributed by atoms with E-state index in [1.54, 1.807) is 19.0 Å². The summed E-state index contributed by atoms with van der Waals surface area (Å²) in [5.74, 6) is -2.23. The first-order chi connectivity index (χ1) is 26.4. The van der Waals surface area contributed by atoms with E-state index in [1.807, 2.05) is 115 Å². The molecule has 0 spiro atoms. The number of nitrogens with one attached hydrogen (secondary N) is 1. The van der Waals surface area contributed by atoms with E-state index < -0.39 is 41.9 Å². The largest absolute Gasteiger partial charge is 0.368 e. The highest BCUT2D eigenvalue weighted by Crippen LogP contribution is 2.31. The zero-order valence-corrected chi connectivity index (χ0v) is 31.7. The molecule has 0 fully saturated rings. The fourth-order valence-corrected chi connectivity index (χ4v) is 7.65. The topological polar surface area (TPSA) is 140 Å². The third-order valence-corrected chi connectivity index (χ3v) is 10.9. The van der Waals surface area contributed by atoms with Crippen LogP contribution in [0.1, 0.15) is 34.9 Å². The van der Waals surface area contributed by atoms with Crippen LogP contribution < -0.4 is 5.73 Å². The standard InChI is InChI=1S/C44H48N6O5/c1-29(51)50-28-36-34(33-22-14-15-23-35(33)46-36)27-40(50)44(55)49(4)39(26-32-20-12-7-13-21-32)43(54)48(3)38(25-31-18-10-6-11-19-31)42(53)47(2)37(41(45)52)24-30-16-8-5-9-17-30/h5-23,37-40,46H,24-28H2,1-4H3,(H2,45,52)/t37-,38-,39-,40-/m0/s1. The number of aromatic amines is 1. The molecule has 4 atom stereocenters. The van der Waals surface area contributed by atoms with Crippen LogP contribution >= 0.6 is 0 Å². The van der Waals surface area contributed by atoms with Gasteiger partial charge in [-0.25, -0.2) is 0 Å². The molecule has 0 saturated heterocycles. The molecular weight excluding hydrogens is 693 g/mol. The lowest BCUT2D eigenvalue weighted by molar-refractivity contribution is -0.154. The summed E-state index contributed by atoms with van der Waals surface area (Å²) in [4.78, 5) is 79.3. The first kappa shape index (κ1) is 38.5. The molecule has 0 saturated carbocycles. The van der Waals surface area contributed by atoms with Crippen molar-refractivity contribution in [2.24, 2.45) is 5.73 Å². The molecule has 3 N–H and O–H groups in total. The predicted octanol–water partition coefficient (Wildman–Crippen LogP) is 4.14. The zero-order valence-electron chi connectivity index (χ0n) is 31.7. The van der Waals surface area contributed by atoms with Crippen LogP contribution in [0.3, 0.4) is 0 Å². The smallest absolute Gasteiger partial charge is 0.246 e. The molecule has 1 aliphatic rings. The lowest BCUT2D eigenvalue weighted by atomic mass is 9.94. The molecule has 11 nitrogen and oxygen atoms in total. The highest BCUT2D eigenvalue weighted by atomic mass is 16.2. The van der Waals surface area contributed by atoms with E-state index in [-0.39, 0.29) is 44.0 Å². The molecule has 1 aromatic heterocycles. The maximum atomic E-state index is 15.0. The maximum Gasteiger partial charge on any atom is 0.246 e. The van der Waals surface area contributed by atoms with Crippen LogP contribution in [-0.4, -0.2) is 99.4 Å². The lowest BCUT2D eigenvalue weighted by Gasteiger charge is -2.40. The molecule has 11 heteroatoms. The third kappa shape index (κ3) is 8.46. The predicted molar refractivity (Wildman–Crippen MR) is 211 cm³/mol. The van der Waals surface area contributed by atoms with Crippen LogP contribution in [-0.2, 0) is 56.2 Å². The number of benzene rings is 4. The quantitative estimate of drug-likeness (QED) is 0.187. The number of likely N-dealkylation sites (N-methyl/N-ethyl adjacent to an activating group) is 3. The van der Waals surface area contributed by atoms with Crippen LogP contribution in [0, 0.1) is 0 Å². The Bertz CT molecular complexity index is 2150. The third-order valence-electron chi connectivity index (χ3n) is 10.9. The molecule has 6 rings (SSSR count). The first-order valence-corrected chi connectivity index (χ1v) is 18.5. The summed E-state index contributed by atoms with van der Waals surface area (Å²) in [5, 5.41) is 0.991. The second-order valence-electron chi connectivity index (χ2n) is 14.4. The number of fused-ring (bicyclic) bond motifs is 3. The van der Waals surface area contributed by atoms with Gasteiger partial charge >= 0.3 is 0 Å². The van der Waals surface area contributed by atoms with E-state index in [4.69, 9.17) is 5.73 Å². The summed E-state index contributed by atoms with van der Waals surface area (Å²) in [6, 6.07) is 32.0. The number of rotatable bonds is 13. The second kappa shape index (κ2) is 16.8. The highest BCUT2D eigenvalue weighted by Gasteiger charge is 2.42. The Kier molecular flexibility index (Phi) is 11.8. The Morgan fingerprint density at radius 1 is 0.655 bits per heavy atom. The number of primary amides is 1. The van der Waals surface area contributed by atoms with Crippen molar-refractivity contribution in [2.75, 3.05) is 21.1 Å². The van der Waals surface area contributed by atoms with Crippen LogP contribution in [0.4, 0.5) is 0 Å². The molecule has 55 heavy (non-hydrogen) atoms. The Labute approximate surface area is 321 Å². The van der Waals surface area contributed by atoms with Gasteiger partial charge in [-0.15, -0.1) is 0 Å². The van der Waals surface area contributed by atoms with E-state index in [9.17, 15) is 24.0 Å². The van der Waals surface area contributed by atoms with Crippen molar-refractivity contribution in [2.45, 2.75) is 63.3 Å². The summed E-state index contributed by atoms with van der Waals surface area (Å²) < 4.78 is 0. The number of nitrogens with zero attached hydrogens (tertiary/aromatic N) is 4. The summed E-state index contributed by atoms with van der Waals surface area (Å²) in [6.07, 6.45) is 0.800. The Hall–Kier alpha value is -6.23. The van der Waals surface area contributed by atoms with E-state index in [2.05, 4.69) is 4.98 Å². The molecule has 0 unspecified atom stereocenters. The molecule has 0 aliphatic carbocycles. The van der Waals surface area contributed by atoms with Crippen LogP contribution in [0.25, 0.3) is 10.9 Å². The second-order valence-corrected chi connectivity index (χ2v) is 14.4. The minimum atomic E-state index is -1.04. The average Bonchev–Trinajstić information content (AvgIpc) is 3.57. The monoisotopic (exact) mass is 740 g/mol. The van der Waals surface area contributed by atoms with Gasteiger partial charge in [-0.2, -0.15) is 0 Å². The van der Waals surface area contributed by atoms with Crippen LogP contribution in [0.2, 0.25) is 0 Å². The number of hydrogen-bond donors (Lipinski definition) is 2. The van der Waals surface area contributed by atoms with Gasteiger partial charge in [0.15, 0.2) is 0 Å². The van der Waals surface area contributed by atoms with E-state index in [0.29, 0.717) is 0 Å². The van der Waals surface area contributed by atoms with E-state index >= 15 is 0 Å². The normalized spacial score (nSPS) is 15.3. The fraction of sp³-hybridized carbons (Fsp3) is 0.295. The fourth-order valence-electron chi connectivity index (χ4n) is 7.65. The summed E-state index contributed by atoms with van der Waals surface area (Å²) in [5.41, 5.74) is 11.1. The van der Waals surface area contributed by atoms with Crippen LogP contribution in [0.15, 0.2) is 115 Å². The molecule has 0 bridgehead atoms. The van der Waals surface area contributed by atoms with E-state index in [1.165, 1.54) is 28.7 Å².